The first-order chi connectivity index (χ1) is 17.6. The second-order valence-corrected chi connectivity index (χ2v) is 8.48. The normalized spacial score (nSPS) is 10.8. The van der Waals surface area contributed by atoms with Crippen molar-refractivity contribution in [3.8, 4) is 39.9 Å². The number of pyridine rings is 1. The number of para-hydroxylation sites is 1. The summed E-state index contributed by atoms with van der Waals surface area (Å²) in [7, 11) is 4.66. The van der Waals surface area contributed by atoms with Gasteiger partial charge in [0.1, 0.15) is 0 Å². The van der Waals surface area contributed by atoms with E-state index < -0.39 is 0 Å². The van der Waals surface area contributed by atoms with Crippen LogP contribution in [0.5, 0.6) is 17.2 Å². The van der Waals surface area contributed by atoms with E-state index in [0.29, 0.717) is 50.5 Å². The molecule has 180 valence electrons. The highest BCUT2D eigenvalue weighted by Crippen LogP contribution is 2.41. The Bertz CT molecular complexity index is 1530. The Balaban J connectivity index is 1.55. The minimum absolute atomic E-state index is 0.307. The van der Waals surface area contributed by atoms with E-state index in [9.17, 15) is 4.79 Å². The third kappa shape index (κ3) is 4.44. The molecule has 8 nitrogen and oxygen atoms in total. The van der Waals surface area contributed by atoms with E-state index in [1.807, 2.05) is 54.6 Å². The number of amides is 1. The maximum Gasteiger partial charge on any atom is 0.258 e. The Hall–Kier alpha value is -4.50. The molecule has 0 spiro atoms. The number of hydrogen-bond acceptors (Lipinski definition) is 8. The van der Waals surface area contributed by atoms with E-state index in [0.717, 1.165) is 22.5 Å². The van der Waals surface area contributed by atoms with Gasteiger partial charge in [-0.15, -0.1) is 0 Å². The van der Waals surface area contributed by atoms with Crippen LogP contribution >= 0.6 is 11.5 Å². The van der Waals surface area contributed by atoms with E-state index in [4.69, 9.17) is 19.2 Å². The first-order valence-electron chi connectivity index (χ1n) is 11.0. The first kappa shape index (κ1) is 23.3. The monoisotopic (exact) mass is 498 g/mol. The van der Waals surface area contributed by atoms with Crippen molar-refractivity contribution in [1.29, 1.82) is 0 Å². The van der Waals surface area contributed by atoms with Crippen LogP contribution in [-0.2, 0) is 0 Å². The average molecular weight is 499 g/mol. The molecule has 0 fully saturated rings. The zero-order valence-corrected chi connectivity index (χ0v) is 20.6. The fourth-order valence-electron chi connectivity index (χ4n) is 3.88. The fraction of sp³-hybridized carbons (Fsp3) is 0.111. The third-order valence-corrected chi connectivity index (χ3v) is 6.23. The Labute approximate surface area is 211 Å². The van der Waals surface area contributed by atoms with Crippen LogP contribution in [0.1, 0.15) is 10.4 Å². The number of ether oxygens (including phenoxy) is 3. The van der Waals surface area contributed by atoms with Gasteiger partial charge < -0.3 is 14.2 Å². The number of nitrogens with one attached hydrogen (secondary N) is 1. The summed E-state index contributed by atoms with van der Waals surface area (Å²) in [6.07, 6.45) is 0. The fourth-order valence-corrected chi connectivity index (χ4v) is 4.47. The molecule has 1 amide bonds. The van der Waals surface area contributed by atoms with Gasteiger partial charge in [0.15, 0.2) is 17.3 Å². The number of fused-ring (bicyclic) bond motifs is 1. The Morgan fingerprint density at radius 2 is 1.50 bits per heavy atom. The topological polar surface area (TPSA) is 95.5 Å². The van der Waals surface area contributed by atoms with E-state index in [1.54, 1.807) is 39.5 Å². The van der Waals surface area contributed by atoms with Crippen molar-refractivity contribution in [2.75, 3.05) is 26.6 Å². The molecule has 0 unspecified atom stereocenters. The third-order valence-electron chi connectivity index (χ3n) is 5.60. The molecule has 1 N–H and O–H groups in total. The first-order valence-corrected chi connectivity index (χ1v) is 11.8. The lowest BCUT2D eigenvalue weighted by Gasteiger charge is -2.15. The summed E-state index contributed by atoms with van der Waals surface area (Å²) in [5, 5.41) is 4.02. The van der Waals surface area contributed by atoms with Crippen LogP contribution in [0.25, 0.3) is 33.5 Å². The minimum Gasteiger partial charge on any atom is -0.493 e. The van der Waals surface area contributed by atoms with Crippen LogP contribution in [0.3, 0.4) is 0 Å². The van der Waals surface area contributed by atoms with Gasteiger partial charge in [0.25, 0.3) is 5.91 Å². The molecule has 36 heavy (non-hydrogen) atoms. The summed E-state index contributed by atoms with van der Waals surface area (Å²) in [4.78, 5) is 22.7. The molecule has 9 heteroatoms. The number of methoxy groups -OCH3 is 3. The summed E-state index contributed by atoms with van der Waals surface area (Å²) in [5.74, 6) is 1.73. The van der Waals surface area contributed by atoms with Crippen molar-refractivity contribution in [2.24, 2.45) is 0 Å². The number of carbonyl (C=O) groups is 1. The summed E-state index contributed by atoms with van der Waals surface area (Å²) in [6.45, 7) is 0. The van der Waals surface area contributed by atoms with Gasteiger partial charge in [-0.3, -0.25) is 10.1 Å². The van der Waals surface area contributed by atoms with Crippen LogP contribution in [0.4, 0.5) is 5.13 Å². The number of aromatic nitrogens is 3. The number of benzene rings is 3. The maximum absolute atomic E-state index is 13.4. The van der Waals surface area contributed by atoms with Gasteiger partial charge in [-0.2, -0.15) is 9.36 Å². The van der Waals surface area contributed by atoms with Gasteiger partial charge >= 0.3 is 0 Å². The van der Waals surface area contributed by atoms with E-state index in [2.05, 4.69) is 14.7 Å². The molecule has 0 atom stereocenters. The molecule has 0 saturated heterocycles. The number of rotatable bonds is 7. The summed E-state index contributed by atoms with van der Waals surface area (Å²) in [5.41, 5.74) is 3.32. The number of carbonyl (C=O) groups excluding carboxylic acids is 1. The lowest BCUT2D eigenvalue weighted by Crippen LogP contribution is -2.13. The molecular weight excluding hydrogens is 476 g/mol. The van der Waals surface area contributed by atoms with Crippen LogP contribution < -0.4 is 19.5 Å². The van der Waals surface area contributed by atoms with Gasteiger partial charge in [0.05, 0.1) is 38.1 Å². The zero-order chi connectivity index (χ0) is 25.1. The number of nitrogens with zero attached hydrogens (tertiary/aromatic N) is 3. The van der Waals surface area contributed by atoms with Gasteiger partial charge in [-0.25, -0.2) is 4.98 Å². The van der Waals surface area contributed by atoms with Crippen molar-refractivity contribution in [3.05, 3.63) is 78.4 Å². The summed E-state index contributed by atoms with van der Waals surface area (Å²) < 4.78 is 20.8. The lowest BCUT2D eigenvalue weighted by molar-refractivity contribution is 0.102. The standard InChI is InChI=1S/C27H22N4O4S/c1-33-22-13-17(14-23(34-2)24(22)35-3)21-15-19(18-11-7-8-12-20(18)28-21)26(32)30-27-29-25(31-36-27)16-9-5-4-6-10-16/h4-15H,1-3H3,(H,29,30,31,32). The quantitative estimate of drug-likeness (QED) is 0.308. The second-order valence-electron chi connectivity index (χ2n) is 7.73. The Kier molecular flexibility index (Phi) is 6.46. The molecule has 0 saturated carbocycles. The SMILES string of the molecule is COc1cc(-c2cc(C(=O)Nc3nc(-c4ccccc4)ns3)c3ccccc3n2)cc(OC)c1OC. The van der Waals surface area contributed by atoms with Gasteiger partial charge in [-0.1, -0.05) is 48.5 Å². The van der Waals surface area contributed by atoms with Gasteiger partial charge in [0.2, 0.25) is 10.9 Å². The van der Waals surface area contributed by atoms with Crippen molar-refractivity contribution in [1.82, 2.24) is 14.3 Å². The van der Waals surface area contributed by atoms with Crippen molar-refractivity contribution < 1.29 is 19.0 Å². The molecule has 5 rings (SSSR count). The summed E-state index contributed by atoms with van der Waals surface area (Å²) >= 11 is 1.13. The molecule has 0 aliphatic rings. The smallest absolute Gasteiger partial charge is 0.258 e. The van der Waals surface area contributed by atoms with E-state index in [1.165, 1.54) is 0 Å². The highest BCUT2D eigenvalue weighted by atomic mass is 32.1. The minimum atomic E-state index is -0.307. The molecule has 0 aliphatic carbocycles. The van der Waals surface area contributed by atoms with Crippen molar-refractivity contribution in [2.45, 2.75) is 0 Å². The number of hydrogen-bond donors (Lipinski definition) is 1. The predicted octanol–water partition coefficient (Wildman–Crippen LogP) is 5.70. The molecular formula is C27H22N4O4S. The molecule has 3 aromatic carbocycles. The zero-order valence-electron chi connectivity index (χ0n) is 19.8. The lowest BCUT2D eigenvalue weighted by atomic mass is 10.0. The van der Waals surface area contributed by atoms with E-state index >= 15 is 0 Å². The van der Waals surface area contributed by atoms with Crippen LogP contribution in [-0.4, -0.2) is 41.6 Å². The molecule has 2 aromatic heterocycles. The molecule has 0 radical (unpaired) electrons. The van der Waals surface area contributed by atoms with Gasteiger partial charge in [0, 0.05) is 28.0 Å². The molecule has 2 heterocycles. The van der Waals surface area contributed by atoms with Crippen molar-refractivity contribution in [3.63, 3.8) is 0 Å². The van der Waals surface area contributed by atoms with Crippen molar-refractivity contribution >= 4 is 33.5 Å². The largest absolute Gasteiger partial charge is 0.493 e. The predicted molar refractivity (Wildman–Crippen MR) is 140 cm³/mol. The van der Waals surface area contributed by atoms with Crippen LogP contribution in [0.2, 0.25) is 0 Å². The molecule has 0 aliphatic heterocycles. The number of anilines is 1. The molecule has 0 bridgehead atoms. The van der Waals surface area contributed by atoms with E-state index in [-0.39, 0.29) is 5.91 Å². The molecule has 5 aromatic rings. The van der Waals surface area contributed by atoms with Crippen LogP contribution in [0, 0.1) is 0 Å². The Morgan fingerprint density at radius 3 is 2.19 bits per heavy atom. The highest BCUT2D eigenvalue weighted by Gasteiger charge is 2.19. The summed E-state index contributed by atoms with van der Waals surface area (Å²) in [6, 6.07) is 22.5. The van der Waals surface area contributed by atoms with Crippen LogP contribution in [0.15, 0.2) is 72.8 Å². The second kappa shape index (κ2) is 10.0. The Morgan fingerprint density at radius 1 is 0.806 bits per heavy atom. The highest BCUT2D eigenvalue weighted by molar-refractivity contribution is 7.10. The maximum atomic E-state index is 13.4. The average Bonchev–Trinajstić information content (AvgIpc) is 3.40. The van der Waals surface area contributed by atoms with Gasteiger partial charge in [-0.05, 0) is 24.3 Å².